The van der Waals surface area contributed by atoms with Gasteiger partial charge >= 0.3 is 6.18 Å². The minimum Gasteiger partial charge on any atom is -0.380 e. The fourth-order valence-corrected chi connectivity index (χ4v) is 6.97. The molecule has 1 saturated heterocycles. The predicted octanol–water partition coefficient (Wildman–Crippen LogP) is 6.68. The Morgan fingerprint density at radius 2 is 1.71 bits per heavy atom. The van der Waals surface area contributed by atoms with E-state index < -0.39 is 17.8 Å². The molecule has 0 saturated carbocycles. The number of hydrogen-bond donors (Lipinski definition) is 1. The van der Waals surface area contributed by atoms with Gasteiger partial charge in [0.05, 0.1) is 5.56 Å². The van der Waals surface area contributed by atoms with Gasteiger partial charge in [-0.3, -0.25) is 0 Å². The summed E-state index contributed by atoms with van der Waals surface area (Å²) in [6.07, 6.45) is 4.84. The fraction of sp³-hybridized carbons (Fsp3) is 0.652. The van der Waals surface area contributed by atoms with Gasteiger partial charge in [-0.05, 0) is 36.6 Å². The Balaban J connectivity index is 1.69. The number of benzene rings is 1. The minimum atomic E-state index is -4.33. The van der Waals surface area contributed by atoms with Crippen molar-refractivity contribution in [2.75, 3.05) is 0 Å². The molecule has 1 aromatic rings. The maximum absolute atomic E-state index is 12.6. The second kappa shape index (κ2) is 11.7. The first-order chi connectivity index (χ1) is 13.4. The van der Waals surface area contributed by atoms with Crippen molar-refractivity contribution in [1.82, 2.24) is 0 Å². The molecule has 1 fully saturated rings. The summed E-state index contributed by atoms with van der Waals surface area (Å²) in [5.74, 6) is 6.14. The molecule has 1 aliphatic rings. The second-order valence-corrected chi connectivity index (χ2v) is 11.0. The number of alkyl halides is 3. The van der Waals surface area contributed by atoms with Crippen molar-refractivity contribution in [3.05, 3.63) is 35.4 Å². The molecule has 0 amide bonds. The third kappa shape index (κ3) is 8.41. The van der Waals surface area contributed by atoms with Crippen LogP contribution in [0.4, 0.5) is 13.2 Å². The summed E-state index contributed by atoms with van der Waals surface area (Å²) in [6.45, 7) is 2.25. The SMILES string of the molecule is CCCCCCC[Si]1CCC(CC(O)C#Cc2ccc(C(F)(F)F)cc2)CC1. The van der Waals surface area contributed by atoms with Crippen LogP contribution in [0.2, 0.25) is 18.1 Å². The number of rotatable bonds is 8. The van der Waals surface area contributed by atoms with Gasteiger partial charge in [-0.25, -0.2) is 0 Å². The number of aliphatic hydroxyl groups excluding tert-OH is 1. The van der Waals surface area contributed by atoms with Gasteiger partial charge in [-0.1, -0.05) is 81.8 Å². The van der Waals surface area contributed by atoms with Crippen LogP contribution >= 0.6 is 0 Å². The van der Waals surface area contributed by atoms with E-state index in [0.717, 1.165) is 12.1 Å². The zero-order valence-electron chi connectivity index (χ0n) is 16.8. The highest BCUT2D eigenvalue weighted by atomic mass is 28.3. The Morgan fingerprint density at radius 1 is 1.07 bits per heavy atom. The predicted molar refractivity (Wildman–Crippen MR) is 111 cm³/mol. The van der Waals surface area contributed by atoms with Crippen molar-refractivity contribution in [3.63, 3.8) is 0 Å². The molecule has 0 aliphatic carbocycles. The summed E-state index contributed by atoms with van der Waals surface area (Å²) in [4.78, 5) is 0. The Kier molecular flexibility index (Phi) is 9.60. The van der Waals surface area contributed by atoms with Crippen molar-refractivity contribution >= 4 is 8.80 Å². The van der Waals surface area contributed by atoms with Gasteiger partial charge in [0, 0.05) is 14.4 Å². The van der Waals surface area contributed by atoms with Crippen LogP contribution in [0.1, 0.15) is 69.4 Å². The van der Waals surface area contributed by atoms with Crippen LogP contribution in [-0.2, 0) is 6.18 Å². The molecule has 1 unspecified atom stereocenters. The lowest BCUT2D eigenvalue weighted by Crippen LogP contribution is -2.23. The van der Waals surface area contributed by atoms with Crippen molar-refractivity contribution in [2.45, 2.75) is 88.7 Å². The number of unbranched alkanes of at least 4 members (excludes halogenated alkanes) is 4. The molecule has 1 nitrogen and oxygen atoms in total. The average Bonchev–Trinajstić information content (AvgIpc) is 2.67. The van der Waals surface area contributed by atoms with Gasteiger partial charge in [-0.15, -0.1) is 0 Å². The van der Waals surface area contributed by atoms with E-state index in [0.29, 0.717) is 17.9 Å². The average molecular weight is 410 g/mol. The lowest BCUT2D eigenvalue weighted by Gasteiger charge is -2.28. The van der Waals surface area contributed by atoms with Crippen LogP contribution in [0.3, 0.4) is 0 Å². The normalized spacial score (nSPS) is 17.2. The zero-order valence-corrected chi connectivity index (χ0v) is 17.8. The maximum Gasteiger partial charge on any atom is 0.416 e. The zero-order chi connectivity index (χ0) is 20.4. The Labute approximate surface area is 169 Å². The summed E-state index contributed by atoms with van der Waals surface area (Å²) in [5, 5.41) is 10.2. The molecule has 0 aromatic heterocycles. The van der Waals surface area contributed by atoms with E-state index in [1.165, 1.54) is 75.2 Å². The smallest absolute Gasteiger partial charge is 0.380 e. The Hall–Kier alpha value is -1.25. The molecular formula is C23H32F3OSi. The molecule has 1 N–H and O–H groups in total. The molecule has 5 heteroatoms. The quantitative estimate of drug-likeness (QED) is 0.288. The first-order valence-corrected chi connectivity index (χ1v) is 12.7. The molecule has 1 radical (unpaired) electrons. The Morgan fingerprint density at radius 3 is 2.32 bits per heavy atom. The van der Waals surface area contributed by atoms with E-state index in [-0.39, 0.29) is 8.80 Å². The molecule has 0 bridgehead atoms. The van der Waals surface area contributed by atoms with Crippen LogP contribution in [0, 0.1) is 17.8 Å². The lowest BCUT2D eigenvalue weighted by molar-refractivity contribution is -0.137. The van der Waals surface area contributed by atoms with Gasteiger partial charge in [0.1, 0.15) is 6.10 Å². The molecule has 0 spiro atoms. The molecule has 1 aromatic carbocycles. The topological polar surface area (TPSA) is 20.2 Å². The van der Waals surface area contributed by atoms with Crippen LogP contribution < -0.4 is 0 Å². The Bertz CT molecular complexity index is 622. The highest BCUT2D eigenvalue weighted by Gasteiger charge is 2.29. The van der Waals surface area contributed by atoms with E-state index in [4.69, 9.17) is 0 Å². The molecule has 1 heterocycles. The van der Waals surface area contributed by atoms with Gasteiger partial charge in [0.2, 0.25) is 0 Å². The van der Waals surface area contributed by atoms with E-state index in [1.54, 1.807) is 0 Å². The first kappa shape index (κ1) is 23.0. The molecule has 28 heavy (non-hydrogen) atoms. The fourth-order valence-electron chi connectivity index (χ4n) is 3.83. The second-order valence-electron chi connectivity index (χ2n) is 7.95. The molecule has 1 atom stereocenters. The maximum atomic E-state index is 12.6. The monoisotopic (exact) mass is 409 g/mol. The van der Waals surface area contributed by atoms with Gasteiger partial charge in [-0.2, -0.15) is 13.2 Å². The first-order valence-electron chi connectivity index (χ1n) is 10.6. The number of hydrogen-bond acceptors (Lipinski definition) is 1. The van der Waals surface area contributed by atoms with Crippen molar-refractivity contribution < 1.29 is 18.3 Å². The minimum absolute atomic E-state index is 0.183. The lowest BCUT2D eigenvalue weighted by atomic mass is 9.95. The van der Waals surface area contributed by atoms with Crippen LogP contribution in [0.25, 0.3) is 0 Å². The van der Waals surface area contributed by atoms with E-state index in [2.05, 4.69) is 18.8 Å². The summed E-state index contributed by atoms with van der Waals surface area (Å²) >= 11 is 0. The van der Waals surface area contributed by atoms with Crippen molar-refractivity contribution in [2.24, 2.45) is 5.92 Å². The van der Waals surface area contributed by atoms with Crippen molar-refractivity contribution in [3.8, 4) is 11.8 Å². The highest BCUT2D eigenvalue weighted by molar-refractivity contribution is 6.58. The summed E-state index contributed by atoms with van der Waals surface area (Å²) in [6, 6.07) is 8.92. The largest absolute Gasteiger partial charge is 0.416 e. The van der Waals surface area contributed by atoms with Crippen LogP contribution in [0.15, 0.2) is 24.3 Å². The van der Waals surface area contributed by atoms with E-state index in [1.807, 2.05) is 0 Å². The standard InChI is InChI=1S/C23H32F3OSi/c1-2-3-4-5-6-15-28-16-13-20(14-17-28)18-22(27)12-9-19-7-10-21(11-8-19)23(24,25)26/h7-8,10-11,20,22,27H,2-6,13-18H2,1H3. The van der Waals surface area contributed by atoms with Gasteiger partial charge < -0.3 is 5.11 Å². The summed E-state index contributed by atoms with van der Waals surface area (Å²) in [5.41, 5.74) is -0.173. The summed E-state index contributed by atoms with van der Waals surface area (Å²) < 4.78 is 37.7. The van der Waals surface area contributed by atoms with Crippen LogP contribution in [-0.4, -0.2) is 20.0 Å². The van der Waals surface area contributed by atoms with Crippen LogP contribution in [0.5, 0.6) is 0 Å². The van der Waals surface area contributed by atoms with Crippen molar-refractivity contribution in [1.29, 1.82) is 0 Å². The molecule has 1 aliphatic heterocycles. The van der Waals surface area contributed by atoms with Gasteiger partial charge in [0.15, 0.2) is 0 Å². The van der Waals surface area contributed by atoms with E-state index >= 15 is 0 Å². The van der Waals surface area contributed by atoms with E-state index in [9.17, 15) is 18.3 Å². The molecular weight excluding hydrogens is 377 g/mol. The number of halogens is 3. The third-order valence-corrected chi connectivity index (χ3v) is 8.65. The molecule has 2 rings (SSSR count). The number of aliphatic hydroxyl groups is 1. The third-order valence-electron chi connectivity index (χ3n) is 5.60. The highest BCUT2D eigenvalue weighted by Crippen LogP contribution is 2.31. The molecule has 155 valence electrons. The van der Waals surface area contributed by atoms with Gasteiger partial charge in [0.25, 0.3) is 0 Å². The summed E-state index contributed by atoms with van der Waals surface area (Å²) in [7, 11) is -0.183.